The molecule has 1 heterocycles. The van der Waals surface area contributed by atoms with Crippen molar-refractivity contribution >= 4 is 0 Å². The van der Waals surface area contributed by atoms with Crippen molar-refractivity contribution in [1.82, 2.24) is 5.32 Å². The van der Waals surface area contributed by atoms with Gasteiger partial charge in [0.1, 0.15) is 11.4 Å². The molecule has 0 aromatic heterocycles. The smallest absolute Gasteiger partial charge is 0.124 e. The summed E-state index contributed by atoms with van der Waals surface area (Å²) in [5, 5.41) is 3.82. The lowest BCUT2D eigenvalue weighted by atomic mass is 9.86. The van der Waals surface area contributed by atoms with Gasteiger partial charge in [-0.15, -0.1) is 0 Å². The fourth-order valence-corrected chi connectivity index (χ4v) is 3.63. The molecular weight excluding hydrogens is 222 g/mol. The third-order valence-electron chi connectivity index (χ3n) is 4.73. The summed E-state index contributed by atoms with van der Waals surface area (Å²) in [4.78, 5) is 0. The van der Waals surface area contributed by atoms with Crippen LogP contribution in [0.2, 0.25) is 0 Å². The molecule has 0 amide bonds. The lowest BCUT2D eigenvalue weighted by molar-refractivity contribution is 0.0365. The highest BCUT2D eigenvalue weighted by molar-refractivity contribution is 5.39. The van der Waals surface area contributed by atoms with E-state index in [9.17, 15) is 0 Å². The van der Waals surface area contributed by atoms with Crippen molar-refractivity contribution in [3.05, 3.63) is 29.8 Å². The maximum absolute atomic E-state index is 6.37. The van der Waals surface area contributed by atoms with Gasteiger partial charge in [0, 0.05) is 24.1 Å². The number of rotatable bonds is 2. The fraction of sp³-hybridized carbons (Fsp3) is 0.625. The van der Waals surface area contributed by atoms with Crippen LogP contribution in [0.3, 0.4) is 0 Å². The van der Waals surface area contributed by atoms with E-state index < -0.39 is 0 Å². The van der Waals surface area contributed by atoms with Gasteiger partial charge in [0.25, 0.3) is 0 Å². The number of para-hydroxylation sites is 1. The highest BCUT2D eigenvalue weighted by Gasteiger charge is 2.43. The van der Waals surface area contributed by atoms with Crippen molar-refractivity contribution in [1.29, 1.82) is 0 Å². The van der Waals surface area contributed by atoms with E-state index in [1.54, 1.807) is 0 Å². The maximum Gasteiger partial charge on any atom is 0.124 e. The number of nitrogens with one attached hydrogen (secondary N) is 1. The first-order valence-electron chi connectivity index (χ1n) is 7.39. The van der Waals surface area contributed by atoms with Gasteiger partial charge < -0.3 is 10.1 Å². The molecule has 0 bridgehead atoms. The maximum atomic E-state index is 6.37. The molecule has 1 N–H and O–H groups in total. The third-order valence-corrected chi connectivity index (χ3v) is 4.73. The van der Waals surface area contributed by atoms with Gasteiger partial charge in [-0.3, -0.25) is 0 Å². The highest BCUT2D eigenvalue weighted by Crippen LogP contribution is 2.47. The van der Waals surface area contributed by atoms with Crippen LogP contribution in [0, 0.1) is 0 Å². The summed E-state index contributed by atoms with van der Waals surface area (Å²) in [6.45, 7) is 0. The molecule has 3 aliphatic rings. The van der Waals surface area contributed by atoms with Crippen LogP contribution in [0.25, 0.3) is 0 Å². The van der Waals surface area contributed by atoms with Gasteiger partial charge >= 0.3 is 0 Å². The van der Waals surface area contributed by atoms with Crippen LogP contribution in [-0.2, 0) is 0 Å². The van der Waals surface area contributed by atoms with Gasteiger partial charge in [-0.05, 0) is 44.6 Å². The third kappa shape index (κ3) is 1.83. The minimum Gasteiger partial charge on any atom is -0.487 e. The number of ether oxygens (including phenoxy) is 1. The summed E-state index contributed by atoms with van der Waals surface area (Å²) in [6, 6.07) is 9.89. The van der Waals surface area contributed by atoms with E-state index in [0.717, 1.165) is 11.8 Å². The van der Waals surface area contributed by atoms with Gasteiger partial charge in [-0.2, -0.15) is 0 Å². The Labute approximate surface area is 109 Å². The highest BCUT2D eigenvalue weighted by atomic mass is 16.5. The molecule has 96 valence electrons. The summed E-state index contributed by atoms with van der Waals surface area (Å²) in [6.07, 6.45) is 9.02. The van der Waals surface area contributed by atoms with Crippen LogP contribution in [0.15, 0.2) is 24.3 Å². The van der Waals surface area contributed by atoms with Crippen LogP contribution >= 0.6 is 0 Å². The van der Waals surface area contributed by atoms with Crippen molar-refractivity contribution in [3.8, 4) is 5.75 Å². The molecule has 1 aliphatic heterocycles. The lowest BCUT2D eigenvalue weighted by Gasteiger charge is -2.40. The van der Waals surface area contributed by atoms with Gasteiger partial charge in [-0.25, -0.2) is 0 Å². The second kappa shape index (κ2) is 3.99. The Bertz CT molecular complexity index is 446. The zero-order chi connectivity index (χ0) is 12.0. The van der Waals surface area contributed by atoms with E-state index in [2.05, 4.69) is 29.6 Å². The molecule has 2 aliphatic carbocycles. The summed E-state index contributed by atoms with van der Waals surface area (Å²) >= 11 is 0. The van der Waals surface area contributed by atoms with Gasteiger partial charge in [0.15, 0.2) is 0 Å². The second-order valence-electron chi connectivity index (χ2n) is 6.23. The number of fused-ring (bicyclic) bond motifs is 1. The Morgan fingerprint density at radius 2 is 1.89 bits per heavy atom. The summed E-state index contributed by atoms with van der Waals surface area (Å²) in [5.74, 6) is 1.13. The second-order valence-corrected chi connectivity index (χ2v) is 6.23. The molecular formula is C16H21NO. The van der Waals surface area contributed by atoms with E-state index in [4.69, 9.17) is 4.74 Å². The molecule has 2 saturated carbocycles. The van der Waals surface area contributed by atoms with Gasteiger partial charge in [-0.1, -0.05) is 18.2 Å². The average molecular weight is 243 g/mol. The minimum atomic E-state index is 0.140. The zero-order valence-electron chi connectivity index (χ0n) is 10.8. The van der Waals surface area contributed by atoms with E-state index in [0.29, 0.717) is 6.04 Å². The molecule has 1 aromatic rings. The zero-order valence-corrected chi connectivity index (χ0v) is 10.8. The molecule has 1 atom stereocenters. The van der Waals surface area contributed by atoms with Crippen molar-refractivity contribution < 1.29 is 4.74 Å². The Hall–Kier alpha value is -1.02. The predicted molar refractivity (Wildman–Crippen MR) is 71.8 cm³/mol. The molecule has 2 nitrogen and oxygen atoms in total. The molecule has 1 spiro atoms. The average Bonchev–Trinajstić information content (AvgIpc) is 3.09. The lowest BCUT2D eigenvalue weighted by Crippen LogP contribution is -2.42. The number of hydrogen-bond acceptors (Lipinski definition) is 2. The van der Waals surface area contributed by atoms with E-state index in [-0.39, 0.29) is 5.60 Å². The van der Waals surface area contributed by atoms with Crippen molar-refractivity contribution in [2.45, 2.75) is 62.6 Å². The molecule has 1 unspecified atom stereocenters. The Morgan fingerprint density at radius 3 is 2.67 bits per heavy atom. The number of benzene rings is 1. The SMILES string of the molecule is c1ccc2c(c1)OC1(CCCC1)CC2NC1CC1. The number of hydrogen-bond donors (Lipinski definition) is 1. The minimum absolute atomic E-state index is 0.140. The summed E-state index contributed by atoms with van der Waals surface area (Å²) in [5.41, 5.74) is 1.52. The van der Waals surface area contributed by atoms with Gasteiger partial charge in [0.05, 0.1) is 0 Å². The van der Waals surface area contributed by atoms with Crippen LogP contribution in [0.4, 0.5) is 0 Å². The largest absolute Gasteiger partial charge is 0.487 e. The van der Waals surface area contributed by atoms with E-state index >= 15 is 0 Å². The monoisotopic (exact) mass is 243 g/mol. The van der Waals surface area contributed by atoms with Crippen molar-refractivity contribution in [2.24, 2.45) is 0 Å². The molecule has 1 aromatic carbocycles. The first-order chi connectivity index (χ1) is 8.85. The van der Waals surface area contributed by atoms with Crippen molar-refractivity contribution in [2.75, 3.05) is 0 Å². The fourth-order valence-electron chi connectivity index (χ4n) is 3.63. The van der Waals surface area contributed by atoms with E-state index in [1.807, 2.05) is 0 Å². The molecule has 18 heavy (non-hydrogen) atoms. The Balaban J connectivity index is 1.67. The molecule has 0 radical (unpaired) electrons. The Morgan fingerprint density at radius 1 is 1.11 bits per heavy atom. The standard InChI is InChI=1S/C16H21NO/c1-2-6-15-13(5-1)14(17-12-7-8-12)11-16(18-15)9-3-4-10-16/h1-2,5-6,12,14,17H,3-4,7-11H2. The topological polar surface area (TPSA) is 21.3 Å². The first-order valence-corrected chi connectivity index (χ1v) is 7.39. The van der Waals surface area contributed by atoms with E-state index in [1.165, 1.54) is 50.5 Å². The van der Waals surface area contributed by atoms with Gasteiger partial charge in [0.2, 0.25) is 0 Å². The quantitative estimate of drug-likeness (QED) is 0.857. The summed E-state index contributed by atoms with van der Waals surface area (Å²) < 4.78 is 6.37. The van der Waals surface area contributed by atoms with Crippen LogP contribution in [0.1, 0.15) is 56.6 Å². The van der Waals surface area contributed by atoms with Crippen LogP contribution in [0.5, 0.6) is 5.75 Å². The molecule has 2 heteroatoms. The van der Waals surface area contributed by atoms with Crippen molar-refractivity contribution in [3.63, 3.8) is 0 Å². The predicted octanol–water partition coefficient (Wildman–Crippen LogP) is 3.58. The molecule has 2 fully saturated rings. The Kier molecular flexibility index (Phi) is 2.41. The summed E-state index contributed by atoms with van der Waals surface area (Å²) in [7, 11) is 0. The molecule has 4 rings (SSSR count). The normalized spacial score (nSPS) is 29.0. The van der Waals surface area contributed by atoms with Crippen LogP contribution < -0.4 is 10.1 Å². The first kappa shape index (κ1) is 10.9. The van der Waals surface area contributed by atoms with Crippen LogP contribution in [-0.4, -0.2) is 11.6 Å². The molecule has 0 saturated heterocycles.